The third-order valence-electron chi connectivity index (χ3n) is 3.80. The molecule has 0 bridgehead atoms. The SMILES string of the molecule is O=C(NCC(O)c1csc2ccccc12)Nc1ccc(C(F)(F)F)cc1. The number of anilines is 1. The van der Waals surface area contributed by atoms with Crippen molar-refractivity contribution in [1.82, 2.24) is 5.32 Å². The van der Waals surface area contributed by atoms with Gasteiger partial charge in [0.05, 0.1) is 11.7 Å². The molecule has 0 saturated heterocycles. The molecular weight excluding hydrogens is 365 g/mol. The maximum atomic E-state index is 12.5. The highest BCUT2D eigenvalue weighted by Crippen LogP contribution is 2.30. The molecule has 1 atom stereocenters. The molecule has 2 aromatic carbocycles. The van der Waals surface area contributed by atoms with Gasteiger partial charge in [-0.2, -0.15) is 13.2 Å². The van der Waals surface area contributed by atoms with Crippen LogP contribution in [0.4, 0.5) is 23.7 Å². The van der Waals surface area contributed by atoms with Crippen LogP contribution in [0.2, 0.25) is 0 Å². The van der Waals surface area contributed by atoms with Gasteiger partial charge in [0.1, 0.15) is 0 Å². The van der Waals surface area contributed by atoms with E-state index in [4.69, 9.17) is 0 Å². The van der Waals surface area contributed by atoms with Crippen LogP contribution in [0.3, 0.4) is 0 Å². The quantitative estimate of drug-likeness (QED) is 0.610. The van der Waals surface area contributed by atoms with Crippen molar-refractivity contribution in [3.63, 3.8) is 0 Å². The standard InChI is InChI=1S/C18H15F3N2O2S/c19-18(20,21)11-5-7-12(8-6-11)23-17(25)22-9-15(24)14-10-26-16-4-2-1-3-13(14)16/h1-8,10,15,24H,9H2,(H2,22,23,25). The lowest BCUT2D eigenvalue weighted by molar-refractivity contribution is -0.137. The van der Waals surface area contributed by atoms with Gasteiger partial charge < -0.3 is 15.7 Å². The molecule has 1 heterocycles. The van der Waals surface area contributed by atoms with E-state index >= 15 is 0 Å². The minimum atomic E-state index is -4.42. The zero-order valence-electron chi connectivity index (χ0n) is 13.4. The topological polar surface area (TPSA) is 61.4 Å². The van der Waals surface area contributed by atoms with Gasteiger partial charge in [0.25, 0.3) is 0 Å². The molecule has 1 unspecified atom stereocenters. The molecule has 0 spiro atoms. The van der Waals surface area contributed by atoms with Crippen LogP contribution in [0.25, 0.3) is 10.1 Å². The summed E-state index contributed by atoms with van der Waals surface area (Å²) in [4.78, 5) is 11.9. The van der Waals surface area contributed by atoms with Crippen molar-refractivity contribution in [3.05, 3.63) is 65.0 Å². The molecule has 1 aromatic heterocycles. The van der Waals surface area contributed by atoms with Crippen LogP contribution in [0.15, 0.2) is 53.9 Å². The number of rotatable bonds is 4. The van der Waals surface area contributed by atoms with Crippen LogP contribution in [-0.4, -0.2) is 17.7 Å². The van der Waals surface area contributed by atoms with E-state index in [0.717, 1.165) is 27.8 Å². The summed E-state index contributed by atoms with van der Waals surface area (Å²) in [6.45, 7) is -0.0206. The van der Waals surface area contributed by atoms with Crippen LogP contribution >= 0.6 is 11.3 Å². The van der Waals surface area contributed by atoms with Crippen molar-refractivity contribution >= 4 is 33.1 Å². The molecule has 0 aliphatic rings. The summed E-state index contributed by atoms with van der Waals surface area (Å²) in [7, 11) is 0. The zero-order chi connectivity index (χ0) is 18.7. The fraction of sp³-hybridized carbons (Fsp3) is 0.167. The van der Waals surface area contributed by atoms with E-state index in [1.807, 2.05) is 29.6 Å². The average Bonchev–Trinajstić information content (AvgIpc) is 3.03. The lowest BCUT2D eigenvalue weighted by atomic mass is 10.1. The molecule has 3 rings (SSSR count). The van der Waals surface area contributed by atoms with Gasteiger partial charge in [-0.25, -0.2) is 4.79 Å². The van der Waals surface area contributed by atoms with Crippen LogP contribution in [-0.2, 0) is 6.18 Å². The van der Waals surface area contributed by atoms with Crippen LogP contribution < -0.4 is 10.6 Å². The van der Waals surface area contributed by atoms with Gasteiger partial charge in [0, 0.05) is 22.5 Å². The summed E-state index contributed by atoms with van der Waals surface area (Å²) >= 11 is 1.50. The summed E-state index contributed by atoms with van der Waals surface area (Å²) in [5.74, 6) is 0. The van der Waals surface area contributed by atoms with Crippen molar-refractivity contribution in [2.24, 2.45) is 0 Å². The van der Waals surface area contributed by atoms with Crippen LogP contribution in [0.5, 0.6) is 0 Å². The van der Waals surface area contributed by atoms with Crippen molar-refractivity contribution in [2.45, 2.75) is 12.3 Å². The van der Waals surface area contributed by atoms with Gasteiger partial charge in [-0.1, -0.05) is 18.2 Å². The monoisotopic (exact) mass is 380 g/mol. The van der Waals surface area contributed by atoms with Gasteiger partial charge in [-0.15, -0.1) is 11.3 Å². The van der Waals surface area contributed by atoms with Gasteiger partial charge in [0.15, 0.2) is 0 Å². The molecule has 3 N–H and O–H groups in total. The highest BCUT2D eigenvalue weighted by atomic mass is 32.1. The second-order valence-electron chi connectivity index (χ2n) is 5.61. The number of carbonyl (C=O) groups excluding carboxylic acids is 1. The Hall–Kier alpha value is -2.58. The fourth-order valence-electron chi connectivity index (χ4n) is 2.47. The number of urea groups is 1. The maximum Gasteiger partial charge on any atom is 0.416 e. The van der Waals surface area contributed by atoms with E-state index in [0.29, 0.717) is 0 Å². The first kappa shape index (κ1) is 18.2. The molecule has 2 amide bonds. The van der Waals surface area contributed by atoms with E-state index in [2.05, 4.69) is 10.6 Å². The normalized spacial score (nSPS) is 12.8. The highest BCUT2D eigenvalue weighted by molar-refractivity contribution is 7.17. The van der Waals surface area contributed by atoms with Crippen LogP contribution in [0, 0.1) is 0 Å². The van der Waals surface area contributed by atoms with Crippen molar-refractivity contribution < 1.29 is 23.1 Å². The second kappa shape index (κ2) is 7.35. The van der Waals surface area contributed by atoms with Gasteiger partial charge >= 0.3 is 12.2 Å². The molecule has 0 radical (unpaired) electrons. The number of alkyl halides is 3. The van der Waals surface area contributed by atoms with Gasteiger partial charge in [0.2, 0.25) is 0 Å². The molecule has 0 fully saturated rings. The van der Waals surface area contributed by atoms with Gasteiger partial charge in [-0.3, -0.25) is 0 Å². The van der Waals surface area contributed by atoms with E-state index in [1.54, 1.807) is 0 Å². The molecule has 0 aliphatic heterocycles. The second-order valence-corrected chi connectivity index (χ2v) is 6.52. The summed E-state index contributed by atoms with van der Waals surface area (Å²) in [6, 6.07) is 11.1. The minimum Gasteiger partial charge on any atom is -0.387 e. The van der Waals surface area contributed by atoms with E-state index < -0.39 is 23.9 Å². The van der Waals surface area contributed by atoms with Crippen LogP contribution in [0.1, 0.15) is 17.2 Å². The van der Waals surface area contributed by atoms with Crippen molar-refractivity contribution in [1.29, 1.82) is 0 Å². The lowest BCUT2D eigenvalue weighted by Crippen LogP contribution is -2.32. The largest absolute Gasteiger partial charge is 0.416 e. The lowest BCUT2D eigenvalue weighted by Gasteiger charge is -2.13. The number of thiophene rings is 1. The Labute approximate surface area is 151 Å². The first-order chi connectivity index (χ1) is 12.3. The number of aliphatic hydroxyl groups excluding tert-OH is 1. The number of benzene rings is 2. The van der Waals surface area contributed by atoms with E-state index in [1.165, 1.54) is 23.5 Å². The Morgan fingerprint density at radius 1 is 1.12 bits per heavy atom. The number of nitrogens with one attached hydrogen (secondary N) is 2. The number of aliphatic hydroxyl groups is 1. The Morgan fingerprint density at radius 3 is 2.50 bits per heavy atom. The minimum absolute atomic E-state index is 0.0206. The first-order valence-electron chi connectivity index (χ1n) is 7.71. The number of amides is 2. The molecule has 0 saturated carbocycles. The maximum absolute atomic E-state index is 12.5. The van der Waals surface area contributed by atoms with E-state index in [9.17, 15) is 23.1 Å². The predicted octanol–water partition coefficient (Wildman–Crippen LogP) is 4.78. The number of halogens is 3. The Kier molecular flexibility index (Phi) is 5.15. The Bertz CT molecular complexity index is 907. The number of hydrogen-bond acceptors (Lipinski definition) is 3. The fourth-order valence-corrected chi connectivity index (χ4v) is 3.48. The molecule has 26 heavy (non-hydrogen) atoms. The summed E-state index contributed by atoms with van der Waals surface area (Å²) in [5, 5.41) is 18.0. The van der Waals surface area contributed by atoms with Crippen molar-refractivity contribution in [3.8, 4) is 0 Å². The molecular formula is C18H15F3N2O2S. The van der Waals surface area contributed by atoms with Crippen molar-refractivity contribution in [2.75, 3.05) is 11.9 Å². The molecule has 8 heteroatoms. The van der Waals surface area contributed by atoms with E-state index in [-0.39, 0.29) is 12.2 Å². The van der Waals surface area contributed by atoms with Gasteiger partial charge in [-0.05, 0) is 41.1 Å². The number of hydrogen-bond donors (Lipinski definition) is 3. The molecule has 136 valence electrons. The summed E-state index contributed by atoms with van der Waals surface area (Å²) < 4.78 is 38.6. The third-order valence-corrected chi connectivity index (χ3v) is 4.78. The third kappa shape index (κ3) is 4.14. The summed E-state index contributed by atoms with van der Waals surface area (Å²) in [6.07, 6.45) is -5.31. The molecule has 0 aliphatic carbocycles. The predicted molar refractivity (Wildman–Crippen MR) is 95.3 cm³/mol. The molecule has 4 nitrogen and oxygen atoms in total. The average molecular weight is 380 g/mol. The number of fused-ring (bicyclic) bond motifs is 1. The Balaban J connectivity index is 1.57. The highest BCUT2D eigenvalue weighted by Gasteiger charge is 2.30. The smallest absolute Gasteiger partial charge is 0.387 e. The first-order valence-corrected chi connectivity index (χ1v) is 8.59. The molecule has 3 aromatic rings. The Morgan fingerprint density at radius 2 is 1.81 bits per heavy atom. The zero-order valence-corrected chi connectivity index (χ0v) is 14.2. The summed E-state index contributed by atoms with van der Waals surface area (Å²) in [5.41, 5.74) is 0.162. The number of carbonyl (C=O) groups is 1.